The molecule has 1 aliphatic carbocycles. The van der Waals surface area contributed by atoms with Crippen LogP contribution in [0.3, 0.4) is 0 Å². The van der Waals surface area contributed by atoms with Crippen molar-refractivity contribution in [2.45, 2.75) is 34.6 Å². The Morgan fingerprint density at radius 1 is 0.919 bits per heavy atom. The summed E-state index contributed by atoms with van der Waals surface area (Å²) in [4.78, 5) is 23.2. The first-order valence-corrected chi connectivity index (χ1v) is 12.6. The van der Waals surface area contributed by atoms with Crippen molar-refractivity contribution in [2.24, 2.45) is 0 Å². The van der Waals surface area contributed by atoms with E-state index in [9.17, 15) is 9.90 Å². The van der Waals surface area contributed by atoms with Crippen LogP contribution in [0.15, 0.2) is 65.1 Å². The summed E-state index contributed by atoms with van der Waals surface area (Å²) in [6.07, 6.45) is 0. The summed E-state index contributed by atoms with van der Waals surface area (Å²) >= 11 is 0. The molecule has 0 unspecified atom stereocenters. The maximum absolute atomic E-state index is 12.1. The molecule has 37 heavy (non-hydrogen) atoms. The van der Waals surface area contributed by atoms with Gasteiger partial charge in [0.1, 0.15) is 24.4 Å². The quantitative estimate of drug-likeness (QED) is 0.299. The Balaban J connectivity index is 0.000000886. The lowest BCUT2D eigenvalue weighted by atomic mass is 9.90. The van der Waals surface area contributed by atoms with Crippen LogP contribution in [0.2, 0.25) is 0 Å². The van der Waals surface area contributed by atoms with Crippen molar-refractivity contribution in [1.29, 1.82) is 0 Å². The molecular formula is C30H34N2O5. The highest BCUT2D eigenvalue weighted by atomic mass is 16.4. The number of benzene rings is 3. The molecule has 4 rings (SSSR count). The number of rotatable bonds is 7. The molecule has 7 nitrogen and oxygen atoms in total. The largest absolute Gasteiger partial charge is 0.550 e. The molecule has 2 aromatic carbocycles. The number of carbonyl (C=O) groups excluding carboxylic acids is 1. The minimum atomic E-state index is -1.08. The number of carboxylic acids is 2. The fourth-order valence-electron chi connectivity index (χ4n) is 4.62. The Morgan fingerprint density at radius 3 is 2.16 bits per heavy atom. The topological polar surface area (TPSA) is 96.8 Å². The van der Waals surface area contributed by atoms with E-state index in [1.165, 1.54) is 0 Å². The van der Waals surface area contributed by atoms with Gasteiger partial charge in [0.05, 0.1) is 11.6 Å². The van der Waals surface area contributed by atoms with Gasteiger partial charge in [-0.2, -0.15) is 0 Å². The van der Waals surface area contributed by atoms with Crippen LogP contribution in [0.5, 0.6) is 0 Å². The molecule has 2 aliphatic rings. The number of nitrogens with zero attached hydrogens (tertiary/aromatic N) is 2. The van der Waals surface area contributed by atoms with Crippen LogP contribution in [0.4, 0.5) is 5.69 Å². The van der Waals surface area contributed by atoms with E-state index in [-0.39, 0.29) is 5.56 Å². The number of hydrogen-bond donors (Lipinski definition) is 1. The summed E-state index contributed by atoms with van der Waals surface area (Å²) in [5, 5.41) is 20.8. The van der Waals surface area contributed by atoms with Crippen molar-refractivity contribution in [2.75, 3.05) is 31.1 Å². The van der Waals surface area contributed by atoms with Crippen LogP contribution in [-0.2, 0) is 4.79 Å². The second-order valence-corrected chi connectivity index (χ2v) is 8.52. The molecule has 0 radical (unpaired) electrons. The summed E-state index contributed by atoms with van der Waals surface area (Å²) in [5.41, 5.74) is 4.62. The first-order chi connectivity index (χ1) is 17.7. The van der Waals surface area contributed by atoms with E-state index in [0.717, 1.165) is 72.0 Å². The third kappa shape index (κ3) is 6.00. The normalized spacial score (nSPS) is 10.6. The smallest absolute Gasteiger partial charge is 0.336 e. The lowest BCUT2D eigenvalue weighted by Crippen LogP contribution is -2.29. The van der Waals surface area contributed by atoms with Crippen molar-refractivity contribution in [1.82, 2.24) is 4.58 Å². The first kappa shape index (κ1) is 27.5. The zero-order valence-electron chi connectivity index (χ0n) is 22.1. The summed E-state index contributed by atoms with van der Waals surface area (Å²) in [6, 6.07) is 19.6. The van der Waals surface area contributed by atoms with E-state index in [2.05, 4.69) is 73.6 Å². The molecule has 1 N–H and O–H groups in total. The number of carboxylic acid groups (broad SMARTS) is 2. The molecular weight excluding hydrogens is 468 g/mol. The monoisotopic (exact) mass is 502 g/mol. The van der Waals surface area contributed by atoms with Crippen molar-refractivity contribution >= 4 is 28.6 Å². The third-order valence-corrected chi connectivity index (χ3v) is 6.37. The molecule has 0 atom stereocenters. The Bertz CT molecular complexity index is 1440. The van der Waals surface area contributed by atoms with E-state index < -0.39 is 11.9 Å². The standard InChI is InChI=1S/C28H30N2O3.C2H4O2/c1-5-29(6-2)19-13-15-23-25(17-19)33-26-18-20(30(7-3)8-4)14-16-24(26)27(23)21-11-9-10-12-22(21)28(31)32;1-2(3)4/h9-18H,5-8H2,1-4H3;1H3,(H,3,4). The van der Waals surface area contributed by atoms with Gasteiger partial charge in [-0.25, -0.2) is 9.37 Å². The average Bonchev–Trinajstić information content (AvgIpc) is 2.88. The van der Waals surface area contributed by atoms with Gasteiger partial charge in [0.25, 0.3) is 0 Å². The number of hydrogen-bond acceptors (Lipinski definition) is 5. The minimum absolute atomic E-state index is 0.284. The molecule has 2 aromatic rings. The van der Waals surface area contributed by atoms with Crippen LogP contribution >= 0.6 is 0 Å². The molecule has 1 aliphatic heterocycles. The van der Waals surface area contributed by atoms with Gasteiger partial charge in [-0.1, -0.05) is 18.2 Å². The Kier molecular flexibility index (Phi) is 9.06. The van der Waals surface area contributed by atoms with Gasteiger partial charge in [-0.05, 0) is 64.4 Å². The molecule has 0 aromatic heterocycles. The lowest BCUT2D eigenvalue weighted by Gasteiger charge is -2.22. The Hall–Kier alpha value is -4.13. The highest BCUT2D eigenvalue weighted by molar-refractivity contribution is 6.07. The van der Waals surface area contributed by atoms with Gasteiger partial charge >= 0.3 is 5.97 Å². The van der Waals surface area contributed by atoms with Gasteiger partial charge in [0.15, 0.2) is 0 Å². The molecule has 7 heteroatoms. The summed E-state index contributed by atoms with van der Waals surface area (Å²) in [5.74, 6) is -1.27. The molecule has 0 bridgehead atoms. The van der Waals surface area contributed by atoms with Crippen LogP contribution in [0.25, 0.3) is 33.4 Å². The molecule has 1 heterocycles. The first-order valence-electron chi connectivity index (χ1n) is 12.6. The zero-order valence-corrected chi connectivity index (χ0v) is 22.1. The van der Waals surface area contributed by atoms with Gasteiger partial charge in [-0.15, -0.1) is 0 Å². The Labute approximate surface area is 217 Å². The molecule has 194 valence electrons. The highest BCUT2D eigenvalue weighted by Crippen LogP contribution is 2.42. The molecule has 0 amide bonds. The van der Waals surface area contributed by atoms with Crippen molar-refractivity contribution in [3.8, 4) is 22.5 Å². The fourth-order valence-corrected chi connectivity index (χ4v) is 4.62. The summed E-state index contributed by atoms with van der Waals surface area (Å²) < 4.78 is 8.74. The van der Waals surface area contributed by atoms with Crippen LogP contribution in [0, 0.1) is 0 Å². The molecule has 0 fully saturated rings. The van der Waals surface area contributed by atoms with Crippen molar-refractivity contribution < 1.29 is 24.2 Å². The maximum atomic E-state index is 12.1. The zero-order chi connectivity index (χ0) is 27.1. The van der Waals surface area contributed by atoms with Crippen molar-refractivity contribution in [3.05, 3.63) is 71.6 Å². The average molecular weight is 503 g/mol. The van der Waals surface area contributed by atoms with Gasteiger partial charge in [-0.3, -0.25) is 0 Å². The summed E-state index contributed by atoms with van der Waals surface area (Å²) in [6.45, 7) is 13.1. The van der Waals surface area contributed by atoms with Crippen LogP contribution < -0.4 is 19.9 Å². The predicted molar refractivity (Wildman–Crippen MR) is 146 cm³/mol. The number of aromatic carboxylic acids is 1. The van der Waals surface area contributed by atoms with Crippen molar-refractivity contribution in [3.63, 3.8) is 0 Å². The van der Waals surface area contributed by atoms with E-state index in [4.69, 9.17) is 14.3 Å². The number of carbonyl (C=O) groups is 2. The second-order valence-electron chi connectivity index (χ2n) is 8.52. The van der Waals surface area contributed by atoms with E-state index in [1.807, 2.05) is 12.1 Å². The maximum Gasteiger partial charge on any atom is 0.336 e. The number of anilines is 1. The fraction of sp³-hybridized carbons (Fsp3) is 0.300. The predicted octanol–water partition coefficient (Wildman–Crippen LogP) is 4.32. The molecule has 0 saturated carbocycles. The van der Waals surface area contributed by atoms with Gasteiger partial charge in [0.2, 0.25) is 5.36 Å². The number of fused-ring (bicyclic) bond motifs is 2. The van der Waals surface area contributed by atoms with E-state index in [0.29, 0.717) is 5.56 Å². The van der Waals surface area contributed by atoms with Crippen LogP contribution in [0.1, 0.15) is 45.0 Å². The third-order valence-electron chi connectivity index (χ3n) is 6.37. The van der Waals surface area contributed by atoms with Crippen LogP contribution in [-0.4, -0.2) is 43.2 Å². The minimum Gasteiger partial charge on any atom is -0.550 e. The van der Waals surface area contributed by atoms with E-state index in [1.54, 1.807) is 12.1 Å². The summed E-state index contributed by atoms with van der Waals surface area (Å²) in [7, 11) is 0. The van der Waals surface area contributed by atoms with Gasteiger partial charge in [0, 0.05) is 53.4 Å². The SMILES string of the molecule is CC(=O)[O-].CCN(CC)c1ccc2c(-c3ccccc3C(=O)O)c3ccc(=[N+](CC)CC)cc-3oc2c1. The molecule has 0 spiro atoms. The molecule has 0 saturated heterocycles. The van der Waals surface area contributed by atoms with Gasteiger partial charge < -0.3 is 24.3 Å². The highest BCUT2D eigenvalue weighted by Gasteiger charge is 2.22. The number of aliphatic carboxylic acids is 1. The van der Waals surface area contributed by atoms with E-state index >= 15 is 0 Å². The Morgan fingerprint density at radius 2 is 1.57 bits per heavy atom. The lowest BCUT2D eigenvalue weighted by molar-refractivity contribution is -0.302. The second kappa shape index (κ2) is 12.2.